The molecule has 0 aliphatic carbocycles. The average molecular weight is 112 g/mol. The van der Waals surface area contributed by atoms with Gasteiger partial charge in [-0.15, -0.1) is 7.05 Å². The van der Waals surface area contributed by atoms with Crippen LogP contribution in [0.15, 0.2) is 12.3 Å². The van der Waals surface area contributed by atoms with Crippen molar-refractivity contribution in [2.24, 2.45) is 0 Å². The van der Waals surface area contributed by atoms with Gasteiger partial charge in [-0.3, -0.25) is 0 Å². The minimum Gasteiger partial charge on any atom is -0.437 e. The van der Waals surface area contributed by atoms with Gasteiger partial charge in [-0.25, -0.2) is 0 Å². The van der Waals surface area contributed by atoms with Gasteiger partial charge < -0.3 is 10.2 Å². The molecule has 0 amide bonds. The Hall–Kier alpha value is -0.340. The summed E-state index contributed by atoms with van der Waals surface area (Å²) in [6.07, 6.45) is 0. The summed E-state index contributed by atoms with van der Waals surface area (Å²) in [5, 5.41) is 3.20. The van der Waals surface area contributed by atoms with Crippen molar-refractivity contribution in [2.75, 3.05) is 19.6 Å². The van der Waals surface area contributed by atoms with Gasteiger partial charge in [0.2, 0.25) is 0 Å². The van der Waals surface area contributed by atoms with Crippen LogP contribution < -0.4 is 10.2 Å². The standard InChI is InChI=1S/C6H12N2/c1-6-5-7-3-4-8(6)2/h7-8H,1-5H2. The molecule has 0 radical (unpaired) electrons. The molecule has 0 aromatic carbocycles. The first-order chi connectivity index (χ1) is 3.80. The molecule has 1 unspecified atom stereocenters. The lowest BCUT2D eigenvalue weighted by atomic mass is 10.3. The normalized spacial score (nSPS) is 30.6. The molecule has 1 rings (SSSR count). The Labute approximate surface area is 50.2 Å². The van der Waals surface area contributed by atoms with E-state index in [2.05, 4.69) is 18.9 Å². The maximum atomic E-state index is 3.86. The van der Waals surface area contributed by atoms with Gasteiger partial charge >= 0.3 is 0 Å². The van der Waals surface area contributed by atoms with Crippen LogP contribution in [0.5, 0.6) is 0 Å². The van der Waals surface area contributed by atoms with Gasteiger partial charge in [0.05, 0.1) is 18.8 Å². The summed E-state index contributed by atoms with van der Waals surface area (Å²) in [5.74, 6) is 0. The Morgan fingerprint density at radius 3 is 2.88 bits per heavy atom. The minimum atomic E-state index is 0.929. The van der Waals surface area contributed by atoms with Crippen LogP contribution in [0.1, 0.15) is 0 Å². The third-order valence-electron chi connectivity index (χ3n) is 1.44. The van der Waals surface area contributed by atoms with Crippen LogP contribution in [0.2, 0.25) is 0 Å². The molecule has 2 N–H and O–H groups in total. The molecule has 0 aromatic rings. The monoisotopic (exact) mass is 112 g/mol. The van der Waals surface area contributed by atoms with Crippen LogP contribution in [-0.4, -0.2) is 19.6 Å². The molecular weight excluding hydrogens is 100 g/mol. The van der Waals surface area contributed by atoms with E-state index in [1.807, 2.05) is 0 Å². The van der Waals surface area contributed by atoms with Crippen molar-refractivity contribution in [1.82, 2.24) is 5.32 Å². The number of hydrogen-bond donors (Lipinski definition) is 2. The largest absolute Gasteiger partial charge is 0.437 e. The highest BCUT2D eigenvalue weighted by Gasteiger charge is 2.06. The molecule has 0 bridgehead atoms. The molecule has 1 heterocycles. The summed E-state index contributed by atoms with van der Waals surface area (Å²) >= 11 is 0. The van der Waals surface area contributed by atoms with Gasteiger partial charge in [-0.05, 0) is 6.58 Å². The van der Waals surface area contributed by atoms with E-state index < -0.39 is 0 Å². The second kappa shape index (κ2) is 2.29. The molecule has 46 valence electrons. The quantitative estimate of drug-likeness (QED) is 0.375. The lowest BCUT2D eigenvalue weighted by Gasteiger charge is -2.27. The number of piperazine rings is 1. The third-order valence-corrected chi connectivity index (χ3v) is 1.44. The van der Waals surface area contributed by atoms with Crippen LogP contribution >= 0.6 is 0 Å². The zero-order chi connectivity index (χ0) is 5.98. The Morgan fingerprint density at radius 1 is 1.75 bits per heavy atom. The fourth-order valence-corrected chi connectivity index (χ4v) is 0.780. The van der Waals surface area contributed by atoms with E-state index in [1.165, 1.54) is 4.90 Å². The molecule has 1 saturated heterocycles. The number of quaternary nitrogens is 1. The molecule has 0 spiro atoms. The van der Waals surface area contributed by atoms with E-state index in [4.69, 9.17) is 0 Å². The van der Waals surface area contributed by atoms with Gasteiger partial charge in [0.1, 0.15) is 0 Å². The summed E-state index contributed by atoms with van der Waals surface area (Å²) in [5.41, 5.74) is 1.16. The molecule has 0 aromatic heterocycles. The summed E-state index contributed by atoms with van der Waals surface area (Å²) in [6, 6.07) is 0. The van der Waals surface area contributed by atoms with E-state index in [-0.39, 0.29) is 0 Å². The molecule has 1 aliphatic heterocycles. The van der Waals surface area contributed by atoms with Crippen LogP contribution in [0.25, 0.3) is 0 Å². The van der Waals surface area contributed by atoms with Crippen molar-refractivity contribution in [3.8, 4) is 0 Å². The predicted molar refractivity (Wildman–Crippen MR) is 33.2 cm³/mol. The summed E-state index contributed by atoms with van der Waals surface area (Å²) in [4.78, 5) is 1.21. The van der Waals surface area contributed by atoms with Crippen molar-refractivity contribution >= 4 is 0 Å². The van der Waals surface area contributed by atoms with Crippen LogP contribution in [-0.2, 0) is 0 Å². The molecule has 8 heavy (non-hydrogen) atoms. The second-order valence-corrected chi connectivity index (χ2v) is 2.13. The Balaban J connectivity index is 2.39. The van der Waals surface area contributed by atoms with Crippen molar-refractivity contribution < 1.29 is 4.90 Å². The van der Waals surface area contributed by atoms with Crippen LogP contribution in [0.3, 0.4) is 0 Å². The smallest absolute Gasteiger partial charge is 0.0877 e. The molecule has 2 heteroatoms. The van der Waals surface area contributed by atoms with Crippen LogP contribution in [0, 0.1) is 7.05 Å². The van der Waals surface area contributed by atoms with Gasteiger partial charge in [0.25, 0.3) is 0 Å². The molecule has 1 atom stereocenters. The van der Waals surface area contributed by atoms with E-state index >= 15 is 0 Å². The van der Waals surface area contributed by atoms with Gasteiger partial charge in [0, 0.05) is 6.54 Å². The second-order valence-electron chi connectivity index (χ2n) is 2.13. The molecule has 0 saturated carbocycles. The Bertz CT molecular complexity index is 98.7. The number of hydrogen-bond acceptors (Lipinski definition) is 1. The van der Waals surface area contributed by atoms with Crippen molar-refractivity contribution in [1.29, 1.82) is 0 Å². The summed E-state index contributed by atoms with van der Waals surface area (Å²) in [7, 11) is 3.86. The molecule has 1 aliphatic rings. The SMILES string of the molecule is C=C1CNCC[NH+]1[CH2-]. The Kier molecular flexibility index (Phi) is 1.65. The van der Waals surface area contributed by atoms with Gasteiger partial charge in [0.15, 0.2) is 0 Å². The van der Waals surface area contributed by atoms with E-state index in [1.54, 1.807) is 0 Å². The Morgan fingerprint density at radius 2 is 2.50 bits per heavy atom. The summed E-state index contributed by atoms with van der Waals surface area (Å²) in [6.45, 7) is 6.90. The van der Waals surface area contributed by atoms with Crippen LogP contribution in [0.4, 0.5) is 0 Å². The van der Waals surface area contributed by atoms with Gasteiger partial charge in [-0.1, -0.05) is 0 Å². The maximum absolute atomic E-state index is 3.86. The van der Waals surface area contributed by atoms with Crippen molar-refractivity contribution in [3.05, 3.63) is 19.3 Å². The zero-order valence-electron chi connectivity index (χ0n) is 5.04. The van der Waals surface area contributed by atoms with E-state index in [9.17, 15) is 0 Å². The summed E-state index contributed by atoms with van der Waals surface area (Å²) < 4.78 is 0. The third kappa shape index (κ3) is 1.08. The topological polar surface area (TPSA) is 16.5 Å². The molecular formula is C6H12N2. The first-order valence-electron chi connectivity index (χ1n) is 2.87. The van der Waals surface area contributed by atoms with Crippen molar-refractivity contribution in [2.45, 2.75) is 0 Å². The maximum Gasteiger partial charge on any atom is 0.0877 e. The highest BCUT2D eigenvalue weighted by molar-refractivity contribution is 4.85. The highest BCUT2D eigenvalue weighted by Crippen LogP contribution is 1.76. The highest BCUT2D eigenvalue weighted by atomic mass is 15.2. The van der Waals surface area contributed by atoms with Gasteiger partial charge in [-0.2, -0.15) is 0 Å². The zero-order valence-corrected chi connectivity index (χ0v) is 5.04. The number of rotatable bonds is 0. The minimum absolute atomic E-state index is 0.929. The predicted octanol–water partition coefficient (Wildman–Crippen LogP) is -1.22. The molecule has 2 nitrogen and oxygen atoms in total. The first kappa shape index (κ1) is 5.79. The van der Waals surface area contributed by atoms with E-state index in [0.29, 0.717) is 0 Å². The fourth-order valence-electron chi connectivity index (χ4n) is 0.780. The van der Waals surface area contributed by atoms with E-state index in [0.717, 1.165) is 25.3 Å². The lowest BCUT2D eigenvalue weighted by molar-refractivity contribution is -0.815. The first-order valence-corrected chi connectivity index (χ1v) is 2.87. The number of nitrogens with one attached hydrogen (secondary N) is 2. The van der Waals surface area contributed by atoms with Crippen molar-refractivity contribution in [3.63, 3.8) is 0 Å². The fraction of sp³-hybridized carbons (Fsp3) is 0.500. The molecule has 1 fully saturated rings. The lowest BCUT2D eigenvalue weighted by Crippen LogP contribution is -3.07. The average Bonchev–Trinajstić information content (AvgIpc) is 1.77.